The van der Waals surface area contributed by atoms with Crippen LogP contribution in [0.15, 0.2) is 36.7 Å². The molecule has 0 bridgehead atoms. The maximum atomic E-state index is 6.38. The fourth-order valence-electron chi connectivity index (χ4n) is 3.87. The minimum atomic E-state index is 0.397. The van der Waals surface area contributed by atoms with E-state index in [1.165, 1.54) is 6.42 Å². The van der Waals surface area contributed by atoms with Gasteiger partial charge in [0.1, 0.15) is 5.65 Å². The SMILES string of the molecule is CC1CC1Cc1cnnn1-c1nnc2c3ccccc3n3c(Cl)ncc3n12. The van der Waals surface area contributed by atoms with Crippen molar-refractivity contribution in [2.45, 2.75) is 19.8 Å². The largest absolute Gasteiger partial charge is 0.268 e. The van der Waals surface area contributed by atoms with Gasteiger partial charge in [-0.15, -0.1) is 15.3 Å². The van der Waals surface area contributed by atoms with Gasteiger partial charge in [0, 0.05) is 5.39 Å². The van der Waals surface area contributed by atoms with Crippen LogP contribution in [0, 0.1) is 11.8 Å². The van der Waals surface area contributed by atoms with Crippen LogP contribution in [0.3, 0.4) is 0 Å². The average Bonchev–Trinajstić information content (AvgIpc) is 3.07. The van der Waals surface area contributed by atoms with Gasteiger partial charge in [-0.2, -0.15) is 4.68 Å². The predicted molar refractivity (Wildman–Crippen MR) is 100 cm³/mol. The normalized spacial score (nSPS) is 19.5. The molecule has 134 valence electrons. The molecule has 0 aliphatic heterocycles. The Bertz CT molecular complexity index is 1330. The molecule has 1 aromatic carbocycles. The lowest BCUT2D eigenvalue weighted by Crippen LogP contribution is -2.09. The fraction of sp³-hybridized carbons (Fsp3) is 0.278. The molecule has 0 radical (unpaired) electrons. The summed E-state index contributed by atoms with van der Waals surface area (Å²) < 4.78 is 5.62. The number of fused-ring (bicyclic) bond motifs is 6. The molecule has 0 spiro atoms. The third-order valence-electron chi connectivity index (χ3n) is 5.52. The first-order valence-corrected chi connectivity index (χ1v) is 9.29. The molecule has 5 aromatic rings. The third-order valence-corrected chi connectivity index (χ3v) is 5.78. The molecule has 9 heteroatoms. The molecule has 1 aliphatic carbocycles. The van der Waals surface area contributed by atoms with E-state index in [0.29, 0.717) is 17.1 Å². The fourth-order valence-corrected chi connectivity index (χ4v) is 4.10. The van der Waals surface area contributed by atoms with Gasteiger partial charge < -0.3 is 0 Å². The molecule has 8 nitrogen and oxygen atoms in total. The van der Waals surface area contributed by atoms with Gasteiger partial charge in [-0.1, -0.05) is 24.3 Å². The van der Waals surface area contributed by atoms with E-state index in [9.17, 15) is 0 Å². The van der Waals surface area contributed by atoms with E-state index in [1.807, 2.05) is 39.3 Å². The van der Waals surface area contributed by atoms with E-state index in [1.54, 1.807) is 10.9 Å². The summed E-state index contributed by atoms with van der Waals surface area (Å²) in [5.74, 6) is 2.04. The van der Waals surface area contributed by atoms with Crippen LogP contribution in [0.2, 0.25) is 5.28 Å². The predicted octanol–water partition coefficient (Wildman–Crippen LogP) is 2.96. The van der Waals surface area contributed by atoms with Crippen LogP contribution in [0.1, 0.15) is 19.0 Å². The van der Waals surface area contributed by atoms with Crippen molar-refractivity contribution in [2.24, 2.45) is 11.8 Å². The Balaban J connectivity index is 1.67. The number of para-hydroxylation sites is 1. The lowest BCUT2D eigenvalue weighted by molar-refractivity contribution is 0.665. The first-order valence-electron chi connectivity index (χ1n) is 8.91. The number of rotatable bonds is 3. The minimum Gasteiger partial charge on any atom is -0.268 e. The third kappa shape index (κ3) is 2.07. The number of halogens is 1. The van der Waals surface area contributed by atoms with Gasteiger partial charge in [-0.3, -0.25) is 4.40 Å². The first-order chi connectivity index (χ1) is 13.2. The van der Waals surface area contributed by atoms with Gasteiger partial charge in [0.05, 0.1) is 23.6 Å². The first kappa shape index (κ1) is 15.1. The van der Waals surface area contributed by atoms with E-state index in [0.717, 1.165) is 40.2 Å². The van der Waals surface area contributed by atoms with Gasteiger partial charge >= 0.3 is 0 Å². The van der Waals surface area contributed by atoms with Gasteiger partial charge in [0.25, 0.3) is 5.95 Å². The lowest BCUT2D eigenvalue weighted by atomic mass is 10.2. The van der Waals surface area contributed by atoms with Crippen molar-refractivity contribution in [3.05, 3.63) is 47.6 Å². The highest BCUT2D eigenvalue weighted by molar-refractivity contribution is 6.29. The van der Waals surface area contributed by atoms with Crippen LogP contribution >= 0.6 is 11.6 Å². The number of hydrogen-bond acceptors (Lipinski definition) is 5. The highest BCUT2D eigenvalue weighted by Crippen LogP contribution is 2.40. The van der Waals surface area contributed by atoms with Crippen molar-refractivity contribution in [2.75, 3.05) is 0 Å². The molecule has 1 aliphatic rings. The van der Waals surface area contributed by atoms with Crippen LogP contribution < -0.4 is 0 Å². The lowest BCUT2D eigenvalue weighted by Gasteiger charge is -2.09. The van der Waals surface area contributed by atoms with Gasteiger partial charge in [-0.05, 0) is 48.4 Å². The van der Waals surface area contributed by atoms with Crippen LogP contribution in [0.25, 0.3) is 28.1 Å². The molecular weight excluding hydrogens is 364 g/mol. The zero-order valence-electron chi connectivity index (χ0n) is 14.5. The number of aromatic nitrogens is 8. The summed E-state index contributed by atoms with van der Waals surface area (Å²) in [5, 5.41) is 18.6. The van der Waals surface area contributed by atoms with Crippen molar-refractivity contribution in [3.8, 4) is 5.95 Å². The van der Waals surface area contributed by atoms with Crippen LogP contribution in [-0.4, -0.2) is 39.0 Å². The van der Waals surface area contributed by atoms with Crippen molar-refractivity contribution in [1.82, 2.24) is 39.0 Å². The summed E-state index contributed by atoms with van der Waals surface area (Å²) in [5.41, 5.74) is 3.50. The molecule has 0 amide bonds. The molecule has 0 saturated heterocycles. The second kappa shape index (κ2) is 5.26. The Hall–Kier alpha value is -3.00. The highest BCUT2D eigenvalue weighted by Gasteiger charge is 2.34. The van der Waals surface area contributed by atoms with Crippen LogP contribution in [0.5, 0.6) is 0 Å². The molecule has 4 aromatic heterocycles. The molecule has 2 atom stereocenters. The number of imidazole rings is 1. The van der Waals surface area contributed by atoms with Crippen molar-refractivity contribution < 1.29 is 0 Å². The van der Waals surface area contributed by atoms with E-state index >= 15 is 0 Å². The Morgan fingerprint density at radius 2 is 2.00 bits per heavy atom. The van der Waals surface area contributed by atoms with Crippen molar-refractivity contribution in [1.29, 1.82) is 0 Å². The Kier molecular flexibility index (Phi) is 2.94. The van der Waals surface area contributed by atoms with E-state index in [4.69, 9.17) is 11.6 Å². The highest BCUT2D eigenvalue weighted by atomic mass is 35.5. The minimum absolute atomic E-state index is 0.397. The zero-order chi connectivity index (χ0) is 18.1. The molecule has 2 unspecified atom stereocenters. The summed E-state index contributed by atoms with van der Waals surface area (Å²) >= 11 is 6.38. The average molecular weight is 379 g/mol. The number of nitrogens with zero attached hydrogens (tertiary/aromatic N) is 8. The second-order valence-electron chi connectivity index (χ2n) is 7.21. The summed E-state index contributed by atoms with van der Waals surface area (Å²) in [6.07, 6.45) is 5.73. The molecule has 27 heavy (non-hydrogen) atoms. The van der Waals surface area contributed by atoms with Crippen LogP contribution in [-0.2, 0) is 6.42 Å². The topological polar surface area (TPSA) is 78.2 Å². The molecule has 4 heterocycles. The Labute approximate surface area is 158 Å². The van der Waals surface area contributed by atoms with Crippen molar-refractivity contribution in [3.63, 3.8) is 0 Å². The summed E-state index contributed by atoms with van der Waals surface area (Å²) in [4.78, 5) is 4.30. The maximum Gasteiger partial charge on any atom is 0.259 e. The molecule has 6 rings (SSSR count). The van der Waals surface area contributed by atoms with E-state index in [2.05, 4.69) is 32.4 Å². The Morgan fingerprint density at radius 3 is 2.85 bits per heavy atom. The monoisotopic (exact) mass is 378 g/mol. The quantitative estimate of drug-likeness (QED) is 0.482. The molecule has 0 N–H and O–H groups in total. The molecular formula is C18H15ClN8. The smallest absolute Gasteiger partial charge is 0.259 e. The van der Waals surface area contributed by atoms with Gasteiger partial charge in [0.15, 0.2) is 5.65 Å². The second-order valence-corrected chi connectivity index (χ2v) is 7.55. The number of hydrogen-bond donors (Lipinski definition) is 0. The Morgan fingerprint density at radius 1 is 1.15 bits per heavy atom. The summed E-state index contributed by atoms with van der Waals surface area (Å²) in [7, 11) is 0. The van der Waals surface area contributed by atoms with E-state index < -0.39 is 0 Å². The van der Waals surface area contributed by atoms with Crippen molar-refractivity contribution >= 4 is 33.8 Å². The van der Waals surface area contributed by atoms with E-state index in [-0.39, 0.29) is 0 Å². The van der Waals surface area contributed by atoms with Gasteiger partial charge in [0.2, 0.25) is 5.28 Å². The number of benzene rings is 1. The standard InChI is InChI=1S/C18H15ClN8/c1-10-6-11(10)7-12-8-21-24-27(12)18-23-22-16-13-4-2-3-5-14(13)25-15(26(16)18)9-20-17(25)19/h2-5,8-11H,6-7H2,1H3. The maximum absolute atomic E-state index is 6.38. The summed E-state index contributed by atoms with van der Waals surface area (Å²) in [6, 6.07) is 7.95. The zero-order valence-corrected chi connectivity index (χ0v) is 15.2. The molecule has 1 fully saturated rings. The summed E-state index contributed by atoms with van der Waals surface area (Å²) in [6.45, 7) is 2.27. The van der Waals surface area contributed by atoms with Crippen LogP contribution in [0.4, 0.5) is 0 Å². The van der Waals surface area contributed by atoms with Gasteiger partial charge in [-0.25, -0.2) is 9.38 Å². The molecule has 1 saturated carbocycles.